The molecule has 0 aliphatic carbocycles. The Morgan fingerprint density at radius 1 is 1.46 bits per heavy atom. The fourth-order valence-electron chi connectivity index (χ4n) is 2.55. The maximum atomic E-state index is 12.6. The number of nitrogens with two attached hydrogens (primary N) is 1. The lowest BCUT2D eigenvalue weighted by Gasteiger charge is -2.32. The molecule has 0 bridgehead atoms. The van der Waals surface area contributed by atoms with Crippen LogP contribution < -0.4 is 10.5 Å². The van der Waals surface area contributed by atoms with Gasteiger partial charge in [0.25, 0.3) is 11.6 Å². The number of halogens is 1. The van der Waals surface area contributed by atoms with E-state index in [2.05, 4.69) is 0 Å². The van der Waals surface area contributed by atoms with E-state index in [9.17, 15) is 19.7 Å². The van der Waals surface area contributed by atoms with Gasteiger partial charge in [-0.15, -0.1) is 0 Å². The average molecular weight is 358 g/mol. The van der Waals surface area contributed by atoms with Crippen LogP contribution in [0, 0.1) is 10.1 Å². The van der Waals surface area contributed by atoms with Crippen LogP contribution in [0.5, 0.6) is 5.75 Å². The summed E-state index contributed by atoms with van der Waals surface area (Å²) in [6.45, 7) is 0.608. The van der Waals surface area contributed by atoms with Gasteiger partial charge >= 0.3 is 6.09 Å². The largest absolute Gasteiger partial charge is 0.495 e. The second-order valence-corrected chi connectivity index (χ2v) is 5.60. The van der Waals surface area contributed by atoms with E-state index in [1.165, 1.54) is 18.1 Å². The SMILES string of the molecule is COc1cc(C(=O)N2CCCC(OC(N)=O)C2)cc([N+](=O)[O-])c1Cl. The van der Waals surface area contributed by atoms with Gasteiger partial charge in [0, 0.05) is 12.6 Å². The first kappa shape index (κ1) is 17.8. The first-order chi connectivity index (χ1) is 11.3. The highest BCUT2D eigenvalue weighted by molar-refractivity contribution is 6.34. The molecule has 0 radical (unpaired) electrons. The lowest BCUT2D eigenvalue weighted by atomic mass is 10.1. The topological polar surface area (TPSA) is 125 Å². The number of likely N-dealkylation sites (tertiary alicyclic amines) is 1. The Bertz CT molecular complexity index is 681. The van der Waals surface area contributed by atoms with Crippen molar-refractivity contribution in [3.05, 3.63) is 32.8 Å². The van der Waals surface area contributed by atoms with Crippen molar-refractivity contribution in [1.82, 2.24) is 4.90 Å². The first-order valence-electron chi connectivity index (χ1n) is 7.10. The van der Waals surface area contributed by atoms with Gasteiger partial charge in [-0.1, -0.05) is 11.6 Å². The average Bonchev–Trinajstić information content (AvgIpc) is 2.53. The van der Waals surface area contributed by atoms with Crippen LogP contribution >= 0.6 is 11.6 Å². The van der Waals surface area contributed by atoms with Crippen molar-refractivity contribution in [2.24, 2.45) is 5.73 Å². The summed E-state index contributed by atoms with van der Waals surface area (Å²) in [6, 6.07) is 2.45. The number of hydrogen-bond donors (Lipinski definition) is 1. The number of primary amides is 1. The summed E-state index contributed by atoms with van der Waals surface area (Å²) in [7, 11) is 1.30. The molecule has 1 aliphatic rings. The van der Waals surface area contributed by atoms with Crippen LogP contribution in [-0.4, -0.2) is 48.1 Å². The first-order valence-corrected chi connectivity index (χ1v) is 7.48. The third-order valence-corrected chi connectivity index (χ3v) is 4.01. The highest BCUT2D eigenvalue weighted by Crippen LogP contribution is 2.35. The Labute approximate surface area is 142 Å². The van der Waals surface area contributed by atoms with Gasteiger partial charge < -0.3 is 20.1 Å². The molecule has 1 fully saturated rings. The van der Waals surface area contributed by atoms with E-state index in [4.69, 9.17) is 26.8 Å². The van der Waals surface area contributed by atoms with Gasteiger partial charge in [-0.05, 0) is 18.9 Å². The second kappa shape index (κ2) is 7.35. The minimum absolute atomic E-state index is 0.0381. The predicted molar refractivity (Wildman–Crippen MR) is 84.3 cm³/mol. The smallest absolute Gasteiger partial charge is 0.404 e. The summed E-state index contributed by atoms with van der Waals surface area (Å²) in [5.41, 5.74) is 4.65. The molecule has 1 aliphatic heterocycles. The van der Waals surface area contributed by atoms with Gasteiger partial charge in [-0.3, -0.25) is 14.9 Å². The normalized spacial score (nSPS) is 17.2. The Hall–Kier alpha value is -2.55. The number of hydrogen-bond acceptors (Lipinski definition) is 6. The third-order valence-electron chi connectivity index (χ3n) is 3.63. The van der Waals surface area contributed by atoms with Gasteiger partial charge in [0.2, 0.25) is 0 Å². The third kappa shape index (κ3) is 3.85. The Morgan fingerprint density at radius 3 is 2.75 bits per heavy atom. The summed E-state index contributed by atoms with van der Waals surface area (Å²) in [6.07, 6.45) is -0.185. The van der Waals surface area contributed by atoms with Crippen LogP contribution in [0.4, 0.5) is 10.5 Å². The molecule has 1 aromatic rings. The quantitative estimate of drug-likeness (QED) is 0.648. The molecule has 1 atom stereocenters. The lowest BCUT2D eigenvalue weighted by Crippen LogP contribution is -2.44. The molecule has 1 aromatic carbocycles. The molecule has 130 valence electrons. The summed E-state index contributed by atoms with van der Waals surface area (Å²) in [5.74, 6) is -0.401. The van der Waals surface area contributed by atoms with Crippen molar-refractivity contribution in [2.45, 2.75) is 18.9 Å². The van der Waals surface area contributed by atoms with E-state index in [-0.39, 0.29) is 22.9 Å². The standard InChI is InChI=1S/C14H16ClN3O6/c1-23-11-6-8(5-10(12(11)15)18(21)22)13(19)17-4-2-3-9(7-17)24-14(16)20/h5-6,9H,2-4,7H2,1H3,(H2,16,20). The number of piperidine rings is 1. The minimum atomic E-state index is -0.905. The number of nitrogens with zero attached hydrogens (tertiary/aromatic N) is 2. The number of benzene rings is 1. The molecule has 1 unspecified atom stereocenters. The predicted octanol–water partition coefficient (Wildman–Crippen LogP) is 1.96. The molecule has 24 heavy (non-hydrogen) atoms. The number of rotatable bonds is 4. The monoisotopic (exact) mass is 357 g/mol. The van der Waals surface area contributed by atoms with Crippen LogP contribution in [0.1, 0.15) is 23.2 Å². The maximum absolute atomic E-state index is 12.6. The summed E-state index contributed by atoms with van der Waals surface area (Å²) in [5, 5.41) is 10.9. The lowest BCUT2D eigenvalue weighted by molar-refractivity contribution is -0.384. The van der Waals surface area contributed by atoms with Crippen LogP contribution in [0.3, 0.4) is 0 Å². The maximum Gasteiger partial charge on any atom is 0.404 e. The van der Waals surface area contributed by atoms with Crippen LogP contribution in [0.15, 0.2) is 12.1 Å². The van der Waals surface area contributed by atoms with E-state index in [1.807, 2.05) is 0 Å². The van der Waals surface area contributed by atoms with Gasteiger partial charge in [0.05, 0.1) is 24.1 Å². The number of carbonyl (C=O) groups is 2. The van der Waals surface area contributed by atoms with Crippen molar-refractivity contribution < 1.29 is 24.0 Å². The number of amides is 2. The number of ether oxygens (including phenoxy) is 2. The Morgan fingerprint density at radius 2 is 2.17 bits per heavy atom. The molecule has 1 heterocycles. The van der Waals surface area contributed by atoms with Crippen molar-refractivity contribution in [3.8, 4) is 5.75 Å². The second-order valence-electron chi connectivity index (χ2n) is 5.22. The molecule has 0 saturated carbocycles. The number of methoxy groups -OCH3 is 1. The molecule has 2 N–H and O–H groups in total. The fraction of sp³-hybridized carbons (Fsp3) is 0.429. The zero-order valence-corrected chi connectivity index (χ0v) is 13.6. The number of nitro groups is 1. The van der Waals surface area contributed by atoms with E-state index in [0.29, 0.717) is 19.4 Å². The molecule has 1 saturated heterocycles. The van der Waals surface area contributed by atoms with E-state index in [1.54, 1.807) is 0 Å². The van der Waals surface area contributed by atoms with E-state index < -0.39 is 28.7 Å². The van der Waals surface area contributed by atoms with E-state index in [0.717, 1.165) is 6.07 Å². The van der Waals surface area contributed by atoms with E-state index >= 15 is 0 Å². The Kier molecular flexibility index (Phi) is 5.45. The molecule has 0 aromatic heterocycles. The van der Waals surface area contributed by atoms with Crippen LogP contribution in [-0.2, 0) is 4.74 Å². The number of nitro benzene ring substituents is 1. The number of carbonyl (C=O) groups excluding carboxylic acids is 2. The van der Waals surface area contributed by atoms with Crippen molar-refractivity contribution in [2.75, 3.05) is 20.2 Å². The molecular weight excluding hydrogens is 342 g/mol. The van der Waals surface area contributed by atoms with Gasteiger partial charge in [0.1, 0.15) is 11.9 Å². The molecule has 10 heteroatoms. The van der Waals surface area contributed by atoms with Crippen molar-refractivity contribution in [3.63, 3.8) is 0 Å². The molecule has 0 spiro atoms. The molecular formula is C14H16ClN3O6. The van der Waals surface area contributed by atoms with Crippen molar-refractivity contribution >= 4 is 29.3 Å². The van der Waals surface area contributed by atoms with Crippen LogP contribution in [0.25, 0.3) is 0 Å². The zero-order valence-electron chi connectivity index (χ0n) is 12.9. The molecule has 9 nitrogen and oxygen atoms in total. The molecule has 2 rings (SSSR count). The summed E-state index contributed by atoms with van der Waals surface area (Å²) >= 11 is 5.88. The summed E-state index contributed by atoms with van der Waals surface area (Å²) in [4.78, 5) is 35.3. The minimum Gasteiger partial charge on any atom is -0.495 e. The fourth-order valence-corrected chi connectivity index (χ4v) is 2.81. The zero-order chi connectivity index (χ0) is 17.9. The highest BCUT2D eigenvalue weighted by Gasteiger charge is 2.29. The van der Waals surface area contributed by atoms with Crippen LogP contribution in [0.2, 0.25) is 5.02 Å². The summed E-state index contributed by atoms with van der Waals surface area (Å²) < 4.78 is 9.92. The van der Waals surface area contributed by atoms with Crippen molar-refractivity contribution in [1.29, 1.82) is 0 Å². The highest BCUT2D eigenvalue weighted by atomic mass is 35.5. The Balaban J connectivity index is 2.27. The van der Waals surface area contributed by atoms with Gasteiger partial charge in [-0.2, -0.15) is 0 Å². The van der Waals surface area contributed by atoms with Gasteiger partial charge in [-0.25, -0.2) is 4.79 Å². The van der Waals surface area contributed by atoms with Gasteiger partial charge in [0.15, 0.2) is 5.02 Å². The molecule has 2 amide bonds.